The van der Waals surface area contributed by atoms with E-state index in [1.165, 1.54) is 5.56 Å². The Hall–Kier alpha value is -1.06. The van der Waals surface area contributed by atoms with E-state index in [1.807, 2.05) is 12.1 Å². The van der Waals surface area contributed by atoms with E-state index in [-0.39, 0.29) is 5.54 Å². The largest absolute Gasteiger partial charge is 0.497 e. The van der Waals surface area contributed by atoms with E-state index in [0.29, 0.717) is 0 Å². The summed E-state index contributed by atoms with van der Waals surface area (Å²) >= 11 is 0. The molecule has 82 valence electrons. The molecule has 1 heterocycles. The maximum absolute atomic E-state index is 6.39. The van der Waals surface area contributed by atoms with Crippen molar-refractivity contribution in [1.82, 2.24) is 5.32 Å². The van der Waals surface area contributed by atoms with E-state index in [9.17, 15) is 0 Å². The zero-order valence-electron chi connectivity index (χ0n) is 9.12. The summed E-state index contributed by atoms with van der Waals surface area (Å²) in [7, 11) is 1.68. The summed E-state index contributed by atoms with van der Waals surface area (Å²) in [6, 6.07) is 8.10. The molecule has 1 aliphatic heterocycles. The van der Waals surface area contributed by atoms with Crippen LogP contribution in [0, 0.1) is 0 Å². The van der Waals surface area contributed by atoms with Crippen LogP contribution in [-0.4, -0.2) is 20.2 Å². The third-order valence-electron chi connectivity index (χ3n) is 3.16. The van der Waals surface area contributed by atoms with Gasteiger partial charge in [-0.3, -0.25) is 0 Å². The standard InChI is InChI=1S/C12H18N2O/c1-15-11-4-2-10(3-5-11)12(13)6-8-14-9-7-12/h2-5,14H,6-9,13H2,1H3. The summed E-state index contributed by atoms with van der Waals surface area (Å²) in [5, 5.41) is 3.33. The highest BCUT2D eigenvalue weighted by Crippen LogP contribution is 2.28. The van der Waals surface area contributed by atoms with Crippen LogP contribution in [0.4, 0.5) is 0 Å². The third kappa shape index (κ3) is 2.13. The predicted octanol–water partition coefficient (Wildman–Crippen LogP) is 1.23. The van der Waals surface area contributed by atoms with Crippen LogP contribution >= 0.6 is 0 Å². The molecule has 0 radical (unpaired) electrons. The number of ether oxygens (including phenoxy) is 1. The lowest BCUT2D eigenvalue weighted by molar-refractivity contribution is 0.317. The number of piperidine rings is 1. The van der Waals surface area contributed by atoms with Gasteiger partial charge in [-0.1, -0.05) is 12.1 Å². The topological polar surface area (TPSA) is 47.3 Å². The Labute approximate surface area is 90.6 Å². The van der Waals surface area contributed by atoms with Crippen LogP contribution < -0.4 is 15.8 Å². The second-order valence-electron chi connectivity index (χ2n) is 4.13. The van der Waals surface area contributed by atoms with Crippen LogP contribution in [0.3, 0.4) is 0 Å². The number of hydrogen-bond donors (Lipinski definition) is 2. The Kier molecular flexibility index (Phi) is 2.93. The van der Waals surface area contributed by atoms with E-state index in [1.54, 1.807) is 7.11 Å². The van der Waals surface area contributed by atoms with Gasteiger partial charge in [-0.15, -0.1) is 0 Å². The molecular formula is C12H18N2O. The maximum Gasteiger partial charge on any atom is 0.118 e. The second kappa shape index (κ2) is 4.21. The molecular weight excluding hydrogens is 188 g/mol. The Balaban J connectivity index is 2.20. The molecule has 1 aromatic rings. The van der Waals surface area contributed by atoms with Crippen molar-refractivity contribution >= 4 is 0 Å². The fraction of sp³-hybridized carbons (Fsp3) is 0.500. The summed E-state index contributed by atoms with van der Waals surface area (Å²) in [6.07, 6.45) is 2.00. The molecule has 2 rings (SSSR count). The zero-order chi connectivity index (χ0) is 10.7. The minimum atomic E-state index is -0.155. The van der Waals surface area contributed by atoms with E-state index in [4.69, 9.17) is 10.5 Å². The molecule has 0 unspecified atom stereocenters. The molecule has 0 bridgehead atoms. The number of rotatable bonds is 2. The van der Waals surface area contributed by atoms with Crippen molar-refractivity contribution in [2.75, 3.05) is 20.2 Å². The van der Waals surface area contributed by atoms with Gasteiger partial charge < -0.3 is 15.8 Å². The van der Waals surface area contributed by atoms with Gasteiger partial charge in [-0.25, -0.2) is 0 Å². The first-order valence-electron chi connectivity index (χ1n) is 5.39. The Bertz CT molecular complexity index is 315. The molecule has 15 heavy (non-hydrogen) atoms. The quantitative estimate of drug-likeness (QED) is 0.765. The number of hydrogen-bond acceptors (Lipinski definition) is 3. The van der Waals surface area contributed by atoms with Crippen molar-refractivity contribution in [2.45, 2.75) is 18.4 Å². The first kappa shape index (κ1) is 10.5. The van der Waals surface area contributed by atoms with Gasteiger partial charge in [-0.2, -0.15) is 0 Å². The Morgan fingerprint density at radius 2 is 1.80 bits per heavy atom. The minimum Gasteiger partial charge on any atom is -0.497 e. The molecule has 1 fully saturated rings. The number of methoxy groups -OCH3 is 1. The van der Waals surface area contributed by atoms with Crippen molar-refractivity contribution in [2.24, 2.45) is 5.73 Å². The molecule has 1 saturated heterocycles. The van der Waals surface area contributed by atoms with Gasteiger partial charge in [0.1, 0.15) is 5.75 Å². The van der Waals surface area contributed by atoms with Crippen LogP contribution in [0.1, 0.15) is 18.4 Å². The normalized spacial score (nSPS) is 19.9. The van der Waals surface area contributed by atoms with E-state index in [0.717, 1.165) is 31.7 Å². The molecule has 0 atom stereocenters. The lowest BCUT2D eigenvalue weighted by atomic mass is 9.82. The lowest BCUT2D eigenvalue weighted by Gasteiger charge is -2.34. The lowest BCUT2D eigenvalue weighted by Crippen LogP contribution is -2.46. The molecule has 0 spiro atoms. The first-order valence-corrected chi connectivity index (χ1v) is 5.39. The SMILES string of the molecule is COc1ccc(C2(N)CCNCC2)cc1. The first-order chi connectivity index (χ1) is 7.24. The highest BCUT2D eigenvalue weighted by molar-refractivity contribution is 5.32. The van der Waals surface area contributed by atoms with Crippen molar-refractivity contribution < 1.29 is 4.74 Å². The third-order valence-corrected chi connectivity index (χ3v) is 3.16. The number of nitrogens with two attached hydrogens (primary N) is 1. The monoisotopic (exact) mass is 206 g/mol. The summed E-state index contributed by atoms with van der Waals surface area (Å²) in [5.74, 6) is 0.885. The molecule has 3 N–H and O–H groups in total. The van der Waals surface area contributed by atoms with Gasteiger partial charge in [-0.05, 0) is 43.6 Å². The van der Waals surface area contributed by atoms with E-state index in [2.05, 4.69) is 17.4 Å². The molecule has 0 aliphatic carbocycles. The predicted molar refractivity (Wildman–Crippen MR) is 61.0 cm³/mol. The molecule has 3 heteroatoms. The highest BCUT2D eigenvalue weighted by Gasteiger charge is 2.28. The van der Waals surface area contributed by atoms with E-state index < -0.39 is 0 Å². The van der Waals surface area contributed by atoms with Gasteiger partial charge in [0.2, 0.25) is 0 Å². The summed E-state index contributed by atoms with van der Waals surface area (Å²) in [5.41, 5.74) is 7.45. The van der Waals surface area contributed by atoms with Gasteiger partial charge in [0, 0.05) is 5.54 Å². The van der Waals surface area contributed by atoms with Gasteiger partial charge in [0.25, 0.3) is 0 Å². The molecule has 0 saturated carbocycles. The molecule has 0 aromatic heterocycles. The van der Waals surface area contributed by atoms with Crippen LogP contribution in [0.5, 0.6) is 5.75 Å². The van der Waals surface area contributed by atoms with E-state index >= 15 is 0 Å². The summed E-state index contributed by atoms with van der Waals surface area (Å²) in [6.45, 7) is 2.01. The highest BCUT2D eigenvalue weighted by atomic mass is 16.5. The van der Waals surface area contributed by atoms with Crippen LogP contribution in [0.25, 0.3) is 0 Å². The summed E-state index contributed by atoms with van der Waals surface area (Å²) in [4.78, 5) is 0. The van der Waals surface area contributed by atoms with Crippen LogP contribution in [0.15, 0.2) is 24.3 Å². The Morgan fingerprint density at radius 1 is 1.20 bits per heavy atom. The molecule has 1 aromatic carbocycles. The molecule has 0 amide bonds. The van der Waals surface area contributed by atoms with Crippen molar-refractivity contribution in [1.29, 1.82) is 0 Å². The van der Waals surface area contributed by atoms with Crippen molar-refractivity contribution in [3.05, 3.63) is 29.8 Å². The molecule has 3 nitrogen and oxygen atoms in total. The fourth-order valence-corrected chi connectivity index (χ4v) is 2.08. The minimum absolute atomic E-state index is 0.155. The average Bonchev–Trinajstić information content (AvgIpc) is 2.30. The maximum atomic E-state index is 6.39. The van der Waals surface area contributed by atoms with Crippen LogP contribution in [0.2, 0.25) is 0 Å². The van der Waals surface area contributed by atoms with Crippen molar-refractivity contribution in [3.63, 3.8) is 0 Å². The number of nitrogens with one attached hydrogen (secondary N) is 1. The van der Waals surface area contributed by atoms with Gasteiger partial charge >= 0.3 is 0 Å². The molecule has 1 aliphatic rings. The average molecular weight is 206 g/mol. The smallest absolute Gasteiger partial charge is 0.118 e. The fourth-order valence-electron chi connectivity index (χ4n) is 2.08. The summed E-state index contributed by atoms with van der Waals surface area (Å²) < 4.78 is 5.14. The zero-order valence-corrected chi connectivity index (χ0v) is 9.12. The number of benzene rings is 1. The van der Waals surface area contributed by atoms with Gasteiger partial charge in [0.05, 0.1) is 7.11 Å². The Morgan fingerprint density at radius 3 is 2.33 bits per heavy atom. The van der Waals surface area contributed by atoms with Crippen molar-refractivity contribution in [3.8, 4) is 5.75 Å². The van der Waals surface area contributed by atoms with Gasteiger partial charge in [0.15, 0.2) is 0 Å². The second-order valence-corrected chi connectivity index (χ2v) is 4.13. The van der Waals surface area contributed by atoms with Crippen LogP contribution in [-0.2, 0) is 5.54 Å².